The highest BCUT2D eigenvalue weighted by Gasteiger charge is 2.48. The highest BCUT2D eigenvalue weighted by atomic mass is 32.2. The summed E-state index contributed by atoms with van der Waals surface area (Å²) in [6.45, 7) is 0.587. The lowest BCUT2D eigenvalue weighted by Crippen LogP contribution is -2.55. The van der Waals surface area contributed by atoms with Gasteiger partial charge in [-0.2, -0.15) is 0 Å². The van der Waals surface area contributed by atoms with E-state index in [0.29, 0.717) is 42.9 Å². The average molecular weight is 458 g/mol. The number of amides is 4. The zero-order chi connectivity index (χ0) is 22.9. The summed E-state index contributed by atoms with van der Waals surface area (Å²) in [5.74, 6) is -0.254. The molecule has 32 heavy (non-hydrogen) atoms. The third-order valence-corrected chi connectivity index (χ3v) is 7.06. The molecule has 0 bridgehead atoms. The standard InChI is InChI=1S/C21H22N4O6S/c1-31-17-5-3-2-4-16(17)24-32(29,30)15-8-6-14(7-9-15)18(26)25-12-10-21(11-13-25)19(27)22-20(28)23-21/h2-9,24H,10-13H2,1H3,(H2,22,23,27,28). The first kappa shape index (κ1) is 21.6. The minimum Gasteiger partial charge on any atom is -0.495 e. The maximum atomic E-state index is 12.8. The van der Waals surface area contributed by atoms with Crippen LogP contribution in [-0.2, 0) is 14.8 Å². The van der Waals surface area contributed by atoms with Gasteiger partial charge in [-0.05, 0) is 49.2 Å². The zero-order valence-electron chi connectivity index (χ0n) is 17.3. The van der Waals surface area contributed by atoms with Gasteiger partial charge in [0.25, 0.3) is 21.8 Å². The Morgan fingerprint density at radius 1 is 1.06 bits per heavy atom. The minimum absolute atomic E-state index is 0.00268. The second-order valence-corrected chi connectivity index (χ2v) is 9.30. The molecule has 4 amide bonds. The molecule has 0 saturated carbocycles. The van der Waals surface area contributed by atoms with Crippen LogP contribution in [0.3, 0.4) is 0 Å². The Labute approximate surface area is 185 Å². The number of ether oxygens (including phenoxy) is 1. The Morgan fingerprint density at radius 3 is 2.31 bits per heavy atom. The van der Waals surface area contributed by atoms with Crippen molar-refractivity contribution in [3.63, 3.8) is 0 Å². The number of hydrogen-bond acceptors (Lipinski definition) is 6. The molecule has 2 aromatic carbocycles. The number of carbonyl (C=O) groups excluding carboxylic acids is 3. The van der Waals surface area contributed by atoms with Crippen LogP contribution in [0.2, 0.25) is 0 Å². The molecule has 0 aromatic heterocycles. The summed E-state index contributed by atoms with van der Waals surface area (Å²) in [5, 5.41) is 4.89. The molecule has 2 fully saturated rings. The van der Waals surface area contributed by atoms with Gasteiger partial charge in [-0.3, -0.25) is 19.6 Å². The highest BCUT2D eigenvalue weighted by molar-refractivity contribution is 7.92. The van der Waals surface area contributed by atoms with Crippen molar-refractivity contribution in [3.05, 3.63) is 54.1 Å². The lowest BCUT2D eigenvalue weighted by Gasteiger charge is -2.37. The predicted molar refractivity (Wildman–Crippen MR) is 115 cm³/mol. The van der Waals surface area contributed by atoms with Gasteiger partial charge in [-0.15, -0.1) is 0 Å². The summed E-state index contributed by atoms with van der Waals surface area (Å²) in [5.41, 5.74) is -0.326. The molecular formula is C21H22N4O6S. The van der Waals surface area contributed by atoms with Crippen LogP contribution in [0, 0.1) is 0 Å². The number of anilines is 1. The van der Waals surface area contributed by atoms with E-state index in [4.69, 9.17) is 4.74 Å². The molecule has 0 atom stereocenters. The molecule has 3 N–H and O–H groups in total. The van der Waals surface area contributed by atoms with Crippen LogP contribution in [0.5, 0.6) is 5.75 Å². The fourth-order valence-electron chi connectivity index (χ4n) is 3.86. The van der Waals surface area contributed by atoms with Gasteiger partial charge in [-0.25, -0.2) is 13.2 Å². The highest BCUT2D eigenvalue weighted by Crippen LogP contribution is 2.28. The van der Waals surface area contributed by atoms with E-state index in [-0.39, 0.29) is 16.7 Å². The van der Waals surface area contributed by atoms with E-state index in [1.54, 1.807) is 29.2 Å². The van der Waals surface area contributed by atoms with E-state index in [0.717, 1.165) is 0 Å². The Balaban J connectivity index is 1.44. The summed E-state index contributed by atoms with van der Waals surface area (Å²) < 4.78 is 33.1. The molecule has 168 valence electrons. The van der Waals surface area contributed by atoms with Crippen LogP contribution in [0.15, 0.2) is 53.4 Å². The number of rotatable bonds is 5. The molecule has 2 heterocycles. The number of nitrogens with zero attached hydrogens (tertiary/aromatic N) is 1. The van der Waals surface area contributed by atoms with Gasteiger partial charge in [0.05, 0.1) is 17.7 Å². The Bertz CT molecular complexity index is 1170. The summed E-state index contributed by atoms with van der Waals surface area (Å²) >= 11 is 0. The lowest BCUT2D eigenvalue weighted by molar-refractivity contribution is -0.125. The van der Waals surface area contributed by atoms with Gasteiger partial charge in [0.2, 0.25) is 0 Å². The summed E-state index contributed by atoms with van der Waals surface area (Å²) in [4.78, 5) is 37.9. The van der Waals surface area contributed by atoms with E-state index in [1.165, 1.54) is 31.4 Å². The van der Waals surface area contributed by atoms with Crippen molar-refractivity contribution in [2.45, 2.75) is 23.3 Å². The number of benzene rings is 2. The second kappa shape index (κ2) is 8.15. The Hall–Kier alpha value is -3.60. The van der Waals surface area contributed by atoms with Crippen molar-refractivity contribution in [1.82, 2.24) is 15.5 Å². The van der Waals surface area contributed by atoms with Crippen LogP contribution < -0.4 is 20.1 Å². The van der Waals surface area contributed by atoms with Crippen molar-refractivity contribution in [2.75, 3.05) is 24.9 Å². The van der Waals surface area contributed by atoms with Crippen molar-refractivity contribution in [3.8, 4) is 5.75 Å². The molecule has 0 unspecified atom stereocenters. The normalized spacial score (nSPS) is 17.6. The number of imide groups is 1. The van der Waals surface area contributed by atoms with Gasteiger partial charge in [-0.1, -0.05) is 12.1 Å². The molecule has 2 aromatic rings. The topological polar surface area (TPSA) is 134 Å². The van der Waals surface area contributed by atoms with Crippen LogP contribution in [0.25, 0.3) is 0 Å². The summed E-state index contributed by atoms with van der Waals surface area (Å²) in [7, 11) is -2.43. The van der Waals surface area contributed by atoms with E-state index in [9.17, 15) is 22.8 Å². The monoisotopic (exact) mass is 458 g/mol. The number of piperidine rings is 1. The SMILES string of the molecule is COc1ccccc1NS(=O)(=O)c1ccc(C(=O)N2CCC3(CC2)NC(=O)NC3=O)cc1. The molecule has 0 radical (unpaired) electrons. The minimum atomic E-state index is -3.88. The second-order valence-electron chi connectivity index (χ2n) is 7.61. The largest absolute Gasteiger partial charge is 0.495 e. The van der Waals surface area contributed by atoms with Gasteiger partial charge >= 0.3 is 6.03 Å². The van der Waals surface area contributed by atoms with Gasteiger partial charge in [0.15, 0.2) is 0 Å². The quantitative estimate of drug-likeness (QED) is 0.579. The summed E-state index contributed by atoms with van der Waals surface area (Å²) in [6.07, 6.45) is 0.622. The molecular weight excluding hydrogens is 436 g/mol. The average Bonchev–Trinajstić information content (AvgIpc) is 3.06. The number of likely N-dealkylation sites (tertiary alicyclic amines) is 1. The molecule has 1 spiro atoms. The number of methoxy groups -OCH3 is 1. The Morgan fingerprint density at radius 2 is 1.72 bits per heavy atom. The maximum absolute atomic E-state index is 12.8. The first-order chi connectivity index (χ1) is 15.2. The van der Waals surface area contributed by atoms with E-state index in [1.807, 2.05) is 0 Å². The Kier molecular flexibility index (Phi) is 5.51. The molecule has 0 aliphatic carbocycles. The van der Waals surface area contributed by atoms with Crippen molar-refractivity contribution in [1.29, 1.82) is 0 Å². The van der Waals surface area contributed by atoms with Gasteiger partial charge < -0.3 is 15.0 Å². The number of hydrogen-bond donors (Lipinski definition) is 3. The molecule has 10 nitrogen and oxygen atoms in total. The molecule has 2 aliphatic heterocycles. The van der Waals surface area contributed by atoms with E-state index >= 15 is 0 Å². The smallest absolute Gasteiger partial charge is 0.322 e. The number of urea groups is 1. The molecule has 2 saturated heterocycles. The lowest BCUT2D eigenvalue weighted by atomic mass is 9.87. The molecule has 4 rings (SSSR count). The van der Waals surface area contributed by atoms with E-state index in [2.05, 4.69) is 15.4 Å². The fraction of sp³-hybridized carbons (Fsp3) is 0.286. The summed E-state index contributed by atoms with van der Waals surface area (Å²) in [6, 6.07) is 11.8. The van der Waals surface area contributed by atoms with Crippen LogP contribution in [0.4, 0.5) is 10.5 Å². The van der Waals surface area contributed by atoms with Crippen molar-refractivity contribution in [2.24, 2.45) is 0 Å². The first-order valence-corrected chi connectivity index (χ1v) is 11.4. The van der Waals surface area contributed by atoms with Gasteiger partial charge in [0, 0.05) is 18.7 Å². The fourth-order valence-corrected chi connectivity index (χ4v) is 4.93. The molecule has 2 aliphatic rings. The van der Waals surface area contributed by atoms with Gasteiger partial charge in [0.1, 0.15) is 11.3 Å². The zero-order valence-corrected chi connectivity index (χ0v) is 18.1. The first-order valence-electron chi connectivity index (χ1n) is 9.93. The third kappa shape index (κ3) is 3.98. The van der Waals surface area contributed by atoms with Crippen molar-refractivity contribution < 1.29 is 27.5 Å². The number of sulfonamides is 1. The van der Waals surface area contributed by atoms with Crippen LogP contribution >= 0.6 is 0 Å². The third-order valence-electron chi connectivity index (χ3n) is 5.68. The number of carbonyl (C=O) groups is 3. The number of para-hydroxylation sites is 2. The van der Waals surface area contributed by atoms with E-state index < -0.39 is 21.6 Å². The number of nitrogens with one attached hydrogen (secondary N) is 3. The molecule has 11 heteroatoms. The predicted octanol–water partition coefficient (Wildman–Crippen LogP) is 1.31. The maximum Gasteiger partial charge on any atom is 0.322 e. The van der Waals surface area contributed by atoms with Crippen LogP contribution in [0.1, 0.15) is 23.2 Å². The van der Waals surface area contributed by atoms with Crippen LogP contribution in [-0.4, -0.2) is 56.9 Å². The van der Waals surface area contributed by atoms with Crippen molar-refractivity contribution >= 4 is 33.6 Å².